The third-order valence-corrected chi connectivity index (χ3v) is 8.12. The van der Waals surface area contributed by atoms with E-state index in [0.717, 1.165) is 16.0 Å². The molecule has 1 N–H and O–H groups in total. The summed E-state index contributed by atoms with van der Waals surface area (Å²) in [5.41, 5.74) is 1.98. The lowest BCUT2D eigenvalue weighted by Gasteiger charge is -2.29. The molecule has 9 heteroatoms. The first-order chi connectivity index (χ1) is 14.7. The van der Waals surface area contributed by atoms with Crippen LogP contribution in [0.25, 0.3) is 6.08 Å². The van der Waals surface area contributed by atoms with E-state index >= 15 is 0 Å². The smallest absolute Gasteiger partial charge is 0.341 e. The number of methoxy groups -OCH3 is 1. The molecule has 0 radical (unpaired) electrons. The van der Waals surface area contributed by atoms with Crippen molar-refractivity contribution in [2.24, 2.45) is 5.92 Å². The number of nitrogens with one attached hydrogen (secondary N) is 1. The van der Waals surface area contributed by atoms with Gasteiger partial charge in [-0.2, -0.15) is 4.31 Å². The number of hydrogen-bond acceptors (Lipinski definition) is 6. The molecule has 0 atom stereocenters. The average Bonchev–Trinajstić information content (AvgIpc) is 3.05. The summed E-state index contributed by atoms with van der Waals surface area (Å²) in [5.74, 6) is -1.01. The number of benzene rings is 1. The van der Waals surface area contributed by atoms with Crippen molar-refractivity contribution in [2.75, 3.05) is 25.5 Å². The Hall–Kier alpha value is -2.49. The van der Waals surface area contributed by atoms with Gasteiger partial charge in [0.25, 0.3) is 0 Å². The molecule has 0 bridgehead atoms. The van der Waals surface area contributed by atoms with Crippen molar-refractivity contribution >= 4 is 44.3 Å². The quantitative estimate of drug-likeness (QED) is 0.659. The van der Waals surface area contributed by atoms with Crippen molar-refractivity contribution in [3.8, 4) is 0 Å². The summed E-state index contributed by atoms with van der Waals surface area (Å²) in [6.45, 7) is 4.24. The van der Waals surface area contributed by atoms with Gasteiger partial charge in [0, 0.05) is 29.3 Å². The van der Waals surface area contributed by atoms with Crippen LogP contribution < -0.4 is 5.32 Å². The van der Waals surface area contributed by atoms with Crippen LogP contribution in [0, 0.1) is 19.8 Å². The molecule has 1 aliphatic rings. The monoisotopic (exact) mass is 462 g/mol. The summed E-state index contributed by atoms with van der Waals surface area (Å²) in [5, 5.41) is 4.54. The summed E-state index contributed by atoms with van der Waals surface area (Å²) in [6.07, 6.45) is 2.41. The number of sulfonamides is 1. The highest BCUT2D eigenvalue weighted by molar-refractivity contribution is 7.92. The molecule has 2 aromatic rings. The molecule has 31 heavy (non-hydrogen) atoms. The van der Waals surface area contributed by atoms with Gasteiger partial charge in [-0.1, -0.05) is 30.3 Å². The Bertz CT molecular complexity index is 1080. The minimum absolute atomic E-state index is 0.205. The van der Waals surface area contributed by atoms with Crippen LogP contribution in [-0.2, 0) is 19.6 Å². The highest BCUT2D eigenvalue weighted by atomic mass is 32.2. The molecule has 1 aromatic carbocycles. The highest BCUT2D eigenvalue weighted by Crippen LogP contribution is 2.34. The van der Waals surface area contributed by atoms with Gasteiger partial charge in [0.1, 0.15) is 5.00 Å². The number of anilines is 1. The van der Waals surface area contributed by atoms with Gasteiger partial charge in [0.2, 0.25) is 15.9 Å². The van der Waals surface area contributed by atoms with Crippen molar-refractivity contribution in [1.82, 2.24) is 4.31 Å². The third-order valence-electron chi connectivity index (χ3n) is 5.43. The molecule has 1 aromatic heterocycles. The fraction of sp³-hybridized carbons (Fsp3) is 0.364. The molecule has 0 unspecified atom stereocenters. The van der Waals surface area contributed by atoms with Crippen LogP contribution in [0.15, 0.2) is 35.7 Å². The number of carbonyl (C=O) groups excluding carboxylic acids is 2. The number of thiophene rings is 1. The summed E-state index contributed by atoms with van der Waals surface area (Å²) in [4.78, 5) is 25.8. The van der Waals surface area contributed by atoms with Gasteiger partial charge in [-0.25, -0.2) is 13.2 Å². The van der Waals surface area contributed by atoms with Gasteiger partial charge in [0.15, 0.2) is 0 Å². The number of amides is 1. The zero-order chi connectivity index (χ0) is 22.6. The minimum atomic E-state index is -3.55. The van der Waals surface area contributed by atoms with Gasteiger partial charge < -0.3 is 10.1 Å². The van der Waals surface area contributed by atoms with Crippen molar-refractivity contribution in [3.63, 3.8) is 0 Å². The van der Waals surface area contributed by atoms with E-state index in [4.69, 9.17) is 4.74 Å². The molecule has 1 aliphatic heterocycles. The maximum Gasteiger partial charge on any atom is 0.341 e. The molecule has 0 aliphatic carbocycles. The maximum atomic E-state index is 12.8. The van der Waals surface area contributed by atoms with E-state index in [1.807, 2.05) is 44.2 Å². The lowest BCUT2D eigenvalue weighted by molar-refractivity contribution is -0.120. The summed E-state index contributed by atoms with van der Waals surface area (Å²) >= 11 is 1.34. The number of carbonyl (C=O) groups is 2. The molecular formula is C22H26N2O5S2. The van der Waals surface area contributed by atoms with Crippen LogP contribution in [0.4, 0.5) is 5.00 Å². The SMILES string of the molecule is COC(=O)c1c(NC(=O)C2CCN(S(=O)(=O)/C=C/c3ccccc3)CC2)sc(C)c1C. The Labute approximate surface area is 186 Å². The summed E-state index contributed by atoms with van der Waals surface area (Å²) in [6, 6.07) is 9.23. The second-order valence-corrected chi connectivity index (χ2v) is 10.4. The van der Waals surface area contributed by atoms with E-state index in [-0.39, 0.29) is 24.9 Å². The Morgan fingerprint density at radius 1 is 1.16 bits per heavy atom. The Balaban J connectivity index is 1.62. The second-order valence-electron chi connectivity index (χ2n) is 7.40. The number of esters is 1. The standard InChI is InChI=1S/C22H26N2O5S2/c1-15-16(2)30-21(19(15)22(26)29-3)23-20(25)18-9-12-24(13-10-18)31(27,28)14-11-17-7-5-4-6-8-17/h4-8,11,14,18H,9-10,12-13H2,1-3H3,(H,23,25)/b14-11+. The van der Waals surface area contributed by atoms with Gasteiger partial charge in [0.05, 0.1) is 12.7 Å². The Morgan fingerprint density at radius 2 is 1.81 bits per heavy atom. The number of nitrogens with zero attached hydrogens (tertiary/aromatic N) is 1. The molecule has 7 nitrogen and oxygen atoms in total. The van der Waals surface area contributed by atoms with Crippen molar-refractivity contribution in [2.45, 2.75) is 26.7 Å². The van der Waals surface area contributed by atoms with E-state index in [0.29, 0.717) is 23.4 Å². The number of rotatable bonds is 6. The Kier molecular flexibility index (Phi) is 7.30. The molecule has 166 valence electrons. The zero-order valence-corrected chi connectivity index (χ0v) is 19.4. The van der Waals surface area contributed by atoms with Crippen molar-refractivity contribution in [1.29, 1.82) is 0 Å². The van der Waals surface area contributed by atoms with Crippen molar-refractivity contribution < 1.29 is 22.7 Å². The van der Waals surface area contributed by atoms with Gasteiger partial charge in [-0.15, -0.1) is 11.3 Å². The van der Waals surface area contributed by atoms with Crippen molar-refractivity contribution in [3.05, 3.63) is 57.3 Å². The molecule has 1 fully saturated rings. The molecule has 3 rings (SSSR count). The van der Waals surface area contributed by atoms with E-state index < -0.39 is 16.0 Å². The lowest BCUT2D eigenvalue weighted by atomic mass is 9.97. The summed E-state index contributed by atoms with van der Waals surface area (Å²) in [7, 11) is -2.24. The Morgan fingerprint density at radius 3 is 2.42 bits per heavy atom. The van der Waals surface area contributed by atoms with Crippen LogP contribution in [-0.4, -0.2) is 44.8 Å². The topological polar surface area (TPSA) is 92.8 Å². The highest BCUT2D eigenvalue weighted by Gasteiger charge is 2.31. The second kappa shape index (κ2) is 9.76. The predicted molar refractivity (Wildman–Crippen MR) is 122 cm³/mol. The molecule has 0 spiro atoms. The first-order valence-electron chi connectivity index (χ1n) is 9.95. The lowest BCUT2D eigenvalue weighted by Crippen LogP contribution is -2.40. The number of aryl methyl sites for hydroxylation is 1. The van der Waals surface area contributed by atoms with E-state index in [2.05, 4.69) is 5.32 Å². The molecule has 1 amide bonds. The largest absolute Gasteiger partial charge is 0.465 e. The molecular weight excluding hydrogens is 436 g/mol. The first-order valence-corrected chi connectivity index (χ1v) is 12.3. The predicted octanol–water partition coefficient (Wildman–Crippen LogP) is 3.80. The normalized spacial score (nSPS) is 15.8. The fourth-order valence-corrected chi connectivity index (χ4v) is 5.74. The molecule has 2 heterocycles. The number of ether oxygens (including phenoxy) is 1. The van der Waals surface area contributed by atoms with Gasteiger partial charge in [-0.05, 0) is 43.9 Å². The van der Waals surface area contributed by atoms with Crippen LogP contribution >= 0.6 is 11.3 Å². The zero-order valence-electron chi connectivity index (χ0n) is 17.8. The molecule has 0 saturated carbocycles. The van der Waals surface area contributed by atoms with Crippen LogP contribution in [0.1, 0.15) is 39.2 Å². The van der Waals surface area contributed by atoms with Crippen LogP contribution in [0.2, 0.25) is 0 Å². The minimum Gasteiger partial charge on any atom is -0.465 e. The first kappa shape index (κ1) is 23.2. The summed E-state index contributed by atoms with van der Waals surface area (Å²) < 4.78 is 31.5. The average molecular weight is 463 g/mol. The number of piperidine rings is 1. The van der Waals surface area contributed by atoms with Gasteiger partial charge in [-0.3, -0.25) is 4.79 Å². The van der Waals surface area contributed by atoms with Crippen LogP contribution in [0.5, 0.6) is 0 Å². The third kappa shape index (κ3) is 5.41. The van der Waals surface area contributed by atoms with E-state index in [1.54, 1.807) is 6.08 Å². The molecule has 1 saturated heterocycles. The van der Waals surface area contributed by atoms with E-state index in [9.17, 15) is 18.0 Å². The van der Waals surface area contributed by atoms with Gasteiger partial charge >= 0.3 is 5.97 Å². The van der Waals surface area contributed by atoms with Crippen LogP contribution in [0.3, 0.4) is 0 Å². The fourth-order valence-electron chi connectivity index (χ4n) is 3.46. The maximum absolute atomic E-state index is 12.8. The van der Waals surface area contributed by atoms with E-state index in [1.165, 1.54) is 28.2 Å². The number of hydrogen-bond donors (Lipinski definition) is 1.